The molecule has 0 aliphatic heterocycles. The van der Waals surface area contributed by atoms with Crippen molar-refractivity contribution in [1.29, 1.82) is 0 Å². The fraction of sp³-hybridized carbons (Fsp3) is 0.231. The van der Waals surface area contributed by atoms with Crippen LogP contribution in [0.1, 0.15) is 25.0 Å². The third-order valence-electron chi connectivity index (χ3n) is 2.43. The number of hydrogen-bond acceptors (Lipinski definition) is 3. The van der Waals surface area contributed by atoms with Gasteiger partial charge >= 0.3 is 0 Å². The summed E-state index contributed by atoms with van der Waals surface area (Å²) in [7, 11) is 0. The summed E-state index contributed by atoms with van der Waals surface area (Å²) < 4.78 is 1.43. The van der Waals surface area contributed by atoms with E-state index in [1.54, 1.807) is 18.3 Å². The molecule has 2 heterocycles. The number of fused-ring (bicyclic) bond motifs is 1. The Kier molecular flexibility index (Phi) is 2.71. The van der Waals surface area contributed by atoms with Crippen LogP contribution in [0.25, 0.3) is 11.7 Å². The Morgan fingerprint density at radius 1 is 1.47 bits per heavy atom. The minimum atomic E-state index is -0.256. The molecule has 2 rings (SSSR count). The Bertz CT molecular complexity index is 665. The lowest BCUT2D eigenvalue weighted by Gasteiger charge is -2.04. The minimum absolute atomic E-state index is 0.221. The Hall–Kier alpha value is -2.10. The molecule has 2 aromatic heterocycles. The summed E-state index contributed by atoms with van der Waals surface area (Å²) in [6.07, 6.45) is 3.30. The summed E-state index contributed by atoms with van der Waals surface area (Å²) in [5.74, 6) is -0.221. The van der Waals surface area contributed by atoms with Crippen molar-refractivity contribution < 1.29 is 5.11 Å². The first-order chi connectivity index (χ1) is 7.99. The van der Waals surface area contributed by atoms with E-state index in [9.17, 15) is 9.90 Å². The molecule has 0 radical (unpaired) electrons. The third kappa shape index (κ3) is 2.06. The van der Waals surface area contributed by atoms with Crippen LogP contribution in [0.2, 0.25) is 0 Å². The number of aryl methyl sites for hydroxylation is 1. The number of nitrogens with zero attached hydrogens (tertiary/aromatic N) is 2. The van der Waals surface area contributed by atoms with E-state index in [1.165, 1.54) is 4.40 Å². The zero-order valence-electron chi connectivity index (χ0n) is 10.1. The van der Waals surface area contributed by atoms with Crippen LogP contribution in [0.3, 0.4) is 0 Å². The summed E-state index contributed by atoms with van der Waals surface area (Å²) in [5, 5.41) is 9.76. The van der Waals surface area contributed by atoms with Crippen molar-refractivity contribution in [2.45, 2.75) is 20.8 Å². The van der Waals surface area contributed by atoms with Gasteiger partial charge in [0.15, 0.2) is 0 Å². The molecular formula is C13H14N2O2. The minimum Gasteiger partial charge on any atom is -0.493 e. The molecule has 0 saturated carbocycles. The maximum Gasteiger partial charge on any atom is 0.269 e. The topological polar surface area (TPSA) is 54.6 Å². The molecule has 0 bridgehead atoms. The molecule has 0 unspecified atom stereocenters. The number of aromatic hydroxyl groups is 1. The van der Waals surface area contributed by atoms with E-state index in [1.807, 2.05) is 26.8 Å². The molecule has 0 aliphatic carbocycles. The van der Waals surface area contributed by atoms with Crippen LogP contribution in [0, 0.1) is 6.92 Å². The van der Waals surface area contributed by atoms with Gasteiger partial charge in [-0.1, -0.05) is 5.57 Å². The normalized spacial score (nSPS) is 10.5. The second-order valence-corrected chi connectivity index (χ2v) is 4.31. The van der Waals surface area contributed by atoms with Crippen LogP contribution in [0.5, 0.6) is 5.88 Å². The van der Waals surface area contributed by atoms with E-state index in [0.717, 1.165) is 11.1 Å². The Morgan fingerprint density at radius 3 is 2.82 bits per heavy atom. The molecule has 4 nitrogen and oxygen atoms in total. The summed E-state index contributed by atoms with van der Waals surface area (Å²) in [4.78, 5) is 16.1. The van der Waals surface area contributed by atoms with Gasteiger partial charge in [-0.05, 0) is 44.5 Å². The molecule has 0 amide bonds. The van der Waals surface area contributed by atoms with Gasteiger partial charge in [-0.15, -0.1) is 0 Å². The lowest BCUT2D eigenvalue weighted by Crippen LogP contribution is -2.17. The monoisotopic (exact) mass is 230 g/mol. The second-order valence-electron chi connectivity index (χ2n) is 4.31. The third-order valence-corrected chi connectivity index (χ3v) is 2.43. The summed E-state index contributed by atoms with van der Waals surface area (Å²) in [6, 6.07) is 3.59. The van der Waals surface area contributed by atoms with Gasteiger partial charge in [0.25, 0.3) is 5.56 Å². The first-order valence-electron chi connectivity index (χ1n) is 5.36. The van der Waals surface area contributed by atoms with E-state index in [4.69, 9.17) is 0 Å². The molecule has 0 aliphatic rings. The van der Waals surface area contributed by atoms with Gasteiger partial charge in [0.05, 0.1) is 0 Å². The summed E-state index contributed by atoms with van der Waals surface area (Å²) in [5.41, 5.74) is 2.36. The lowest BCUT2D eigenvalue weighted by atomic mass is 10.2. The summed E-state index contributed by atoms with van der Waals surface area (Å²) >= 11 is 0. The van der Waals surface area contributed by atoms with Crippen LogP contribution in [-0.4, -0.2) is 14.5 Å². The Labute approximate surface area is 98.9 Å². The lowest BCUT2D eigenvalue weighted by molar-refractivity contribution is 0.451. The van der Waals surface area contributed by atoms with Crippen LogP contribution < -0.4 is 5.56 Å². The SMILES string of the molecule is CC(C)=Cc1c(O)nc2cc(C)ccn2c1=O. The van der Waals surface area contributed by atoms with E-state index < -0.39 is 0 Å². The van der Waals surface area contributed by atoms with Crippen LogP contribution in [0.15, 0.2) is 28.7 Å². The standard InChI is InChI=1S/C13H14N2O2/c1-8(2)6-10-12(16)14-11-7-9(3)4-5-15(11)13(10)17/h4-7,16H,1-3H3. The molecule has 0 atom stereocenters. The Morgan fingerprint density at radius 2 is 2.18 bits per heavy atom. The van der Waals surface area contributed by atoms with Crippen molar-refractivity contribution in [3.63, 3.8) is 0 Å². The highest BCUT2D eigenvalue weighted by molar-refractivity contribution is 5.58. The molecule has 17 heavy (non-hydrogen) atoms. The first-order valence-corrected chi connectivity index (χ1v) is 5.36. The van der Waals surface area contributed by atoms with E-state index in [2.05, 4.69) is 4.98 Å². The molecule has 0 fully saturated rings. The molecule has 0 aromatic carbocycles. The van der Waals surface area contributed by atoms with Crippen LogP contribution >= 0.6 is 0 Å². The van der Waals surface area contributed by atoms with Crippen molar-refractivity contribution in [3.8, 4) is 5.88 Å². The molecule has 0 spiro atoms. The highest BCUT2D eigenvalue weighted by Crippen LogP contribution is 2.14. The number of hydrogen-bond donors (Lipinski definition) is 1. The zero-order chi connectivity index (χ0) is 12.6. The molecular weight excluding hydrogens is 216 g/mol. The zero-order valence-corrected chi connectivity index (χ0v) is 10.1. The number of rotatable bonds is 1. The first kappa shape index (κ1) is 11.4. The van der Waals surface area contributed by atoms with Crippen molar-refractivity contribution in [2.75, 3.05) is 0 Å². The van der Waals surface area contributed by atoms with Gasteiger partial charge in [0, 0.05) is 6.20 Å². The fourth-order valence-electron chi connectivity index (χ4n) is 1.66. The maximum atomic E-state index is 12.1. The maximum absolute atomic E-state index is 12.1. The van der Waals surface area contributed by atoms with Gasteiger partial charge in [-0.3, -0.25) is 9.20 Å². The van der Waals surface area contributed by atoms with Crippen molar-refractivity contribution in [1.82, 2.24) is 9.38 Å². The highest BCUT2D eigenvalue weighted by Gasteiger charge is 2.09. The smallest absolute Gasteiger partial charge is 0.269 e. The second kappa shape index (κ2) is 4.05. The Balaban J connectivity index is 2.86. The molecule has 1 N–H and O–H groups in total. The van der Waals surface area contributed by atoms with Crippen LogP contribution in [0.4, 0.5) is 0 Å². The van der Waals surface area contributed by atoms with Gasteiger partial charge < -0.3 is 5.11 Å². The van der Waals surface area contributed by atoms with Gasteiger partial charge in [-0.2, -0.15) is 4.98 Å². The van der Waals surface area contributed by atoms with Gasteiger partial charge in [0.1, 0.15) is 11.2 Å². The number of aromatic nitrogens is 2. The molecule has 2 aromatic rings. The summed E-state index contributed by atoms with van der Waals surface area (Å²) in [6.45, 7) is 5.64. The van der Waals surface area contributed by atoms with Crippen molar-refractivity contribution in [2.24, 2.45) is 0 Å². The quantitative estimate of drug-likeness (QED) is 0.816. The van der Waals surface area contributed by atoms with Crippen molar-refractivity contribution >= 4 is 11.7 Å². The predicted molar refractivity (Wildman–Crippen MR) is 67.2 cm³/mol. The van der Waals surface area contributed by atoms with Crippen molar-refractivity contribution in [3.05, 3.63) is 45.4 Å². The van der Waals surface area contributed by atoms with Gasteiger partial charge in [0.2, 0.25) is 5.88 Å². The predicted octanol–water partition coefficient (Wildman–Crippen LogP) is 2.13. The molecule has 4 heteroatoms. The van der Waals surface area contributed by atoms with E-state index in [0.29, 0.717) is 5.65 Å². The average molecular weight is 230 g/mol. The van der Waals surface area contributed by atoms with Gasteiger partial charge in [-0.25, -0.2) is 0 Å². The van der Waals surface area contributed by atoms with Crippen LogP contribution in [-0.2, 0) is 0 Å². The number of pyridine rings is 1. The number of allylic oxidation sites excluding steroid dienone is 1. The molecule has 88 valence electrons. The fourth-order valence-corrected chi connectivity index (χ4v) is 1.66. The largest absolute Gasteiger partial charge is 0.493 e. The van der Waals surface area contributed by atoms with E-state index >= 15 is 0 Å². The van der Waals surface area contributed by atoms with E-state index in [-0.39, 0.29) is 17.0 Å². The molecule has 0 saturated heterocycles. The average Bonchev–Trinajstić information content (AvgIpc) is 2.23. The highest BCUT2D eigenvalue weighted by atomic mass is 16.3.